The molecule has 5 heteroatoms. The van der Waals surface area contributed by atoms with Crippen LogP contribution in [0.25, 0.3) is 6.08 Å². The molecule has 126 valence electrons. The summed E-state index contributed by atoms with van der Waals surface area (Å²) in [5.41, 5.74) is 1.73. The van der Waals surface area contributed by atoms with Crippen LogP contribution in [0.1, 0.15) is 11.1 Å². The summed E-state index contributed by atoms with van der Waals surface area (Å²) in [4.78, 5) is 12.0. The number of nitrogens with one attached hydrogen (secondary N) is 1. The van der Waals surface area contributed by atoms with Gasteiger partial charge in [-0.2, -0.15) is 5.26 Å². The van der Waals surface area contributed by atoms with Crippen molar-refractivity contribution >= 4 is 12.0 Å². The van der Waals surface area contributed by atoms with Gasteiger partial charge < -0.3 is 15.5 Å². The predicted molar refractivity (Wildman–Crippen MR) is 95.7 cm³/mol. The second kappa shape index (κ2) is 8.94. The Morgan fingerprint density at radius 1 is 1.12 bits per heavy atom. The van der Waals surface area contributed by atoms with E-state index >= 15 is 0 Å². The van der Waals surface area contributed by atoms with Crippen LogP contribution in [-0.2, 0) is 11.2 Å². The number of nitriles is 1. The number of rotatable bonds is 6. The predicted octanol–water partition coefficient (Wildman–Crippen LogP) is 2.92. The Bertz CT molecular complexity index is 834. The van der Waals surface area contributed by atoms with Crippen molar-refractivity contribution in [2.24, 2.45) is 0 Å². The van der Waals surface area contributed by atoms with Crippen LogP contribution in [0.2, 0.25) is 0 Å². The number of benzene rings is 2. The number of amides is 1. The van der Waals surface area contributed by atoms with Crippen molar-refractivity contribution in [2.75, 3.05) is 6.54 Å². The Morgan fingerprint density at radius 3 is 2.56 bits per heavy atom. The average molecular weight is 334 g/mol. The maximum Gasteiger partial charge on any atom is 0.261 e. The molecule has 0 heterocycles. The number of nitrogens with zero attached hydrogens (tertiary/aromatic N) is 1. The normalized spacial score (nSPS) is 11.2. The molecule has 0 bridgehead atoms. The number of hydrogen-bond donors (Lipinski definition) is 3. The van der Waals surface area contributed by atoms with Crippen LogP contribution in [-0.4, -0.2) is 22.7 Å². The second-order valence-electron chi connectivity index (χ2n) is 5.29. The summed E-state index contributed by atoms with van der Waals surface area (Å²) in [5, 5.41) is 30.5. The van der Waals surface area contributed by atoms with E-state index in [0.29, 0.717) is 18.5 Å². The van der Waals surface area contributed by atoms with E-state index in [2.05, 4.69) is 5.32 Å². The number of phenols is 2. The molecule has 0 atom stereocenters. The standard InChI is InChI=1S/C20H18N2O3/c21-14-17(8-4-7-16-9-10-18(23)19(24)13-16)20(25)22-12-11-15-5-2-1-3-6-15/h1-10,13,23-24H,11-12H2,(H,22,25)/b7-4+,17-8+. The van der Waals surface area contributed by atoms with Crippen molar-refractivity contribution in [3.8, 4) is 17.6 Å². The van der Waals surface area contributed by atoms with Crippen molar-refractivity contribution in [1.29, 1.82) is 5.26 Å². The smallest absolute Gasteiger partial charge is 0.261 e. The molecule has 0 aliphatic rings. The van der Waals surface area contributed by atoms with E-state index in [1.54, 1.807) is 18.2 Å². The lowest BCUT2D eigenvalue weighted by molar-refractivity contribution is -0.117. The summed E-state index contributed by atoms with van der Waals surface area (Å²) >= 11 is 0. The molecule has 5 nitrogen and oxygen atoms in total. The SMILES string of the molecule is N#C/C(=C\C=C\c1ccc(O)c(O)c1)C(=O)NCCc1ccccc1. The quantitative estimate of drug-likeness (QED) is 0.328. The zero-order chi connectivity index (χ0) is 18.1. The number of hydrogen-bond acceptors (Lipinski definition) is 4. The van der Waals surface area contributed by atoms with Crippen molar-refractivity contribution in [1.82, 2.24) is 5.32 Å². The van der Waals surface area contributed by atoms with Crippen LogP contribution in [0.5, 0.6) is 11.5 Å². The molecule has 0 unspecified atom stereocenters. The Balaban J connectivity index is 1.92. The van der Waals surface area contributed by atoms with Gasteiger partial charge in [0, 0.05) is 6.54 Å². The van der Waals surface area contributed by atoms with E-state index in [1.807, 2.05) is 36.4 Å². The van der Waals surface area contributed by atoms with Gasteiger partial charge in [-0.15, -0.1) is 0 Å². The van der Waals surface area contributed by atoms with E-state index in [1.165, 1.54) is 18.2 Å². The van der Waals surface area contributed by atoms with E-state index in [-0.39, 0.29) is 17.1 Å². The fraction of sp³-hybridized carbons (Fsp3) is 0.100. The van der Waals surface area contributed by atoms with Gasteiger partial charge in [-0.25, -0.2) is 0 Å². The van der Waals surface area contributed by atoms with Crippen molar-refractivity contribution < 1.29 is 15.0 Å². The minimum atomic E-state index is -0.434. The van der Waals surface area contributed by atoms with Crippen LogP contribution >= 0.6 is 0 Å². The van der Waals surface area contributed by atoms with Crippen LogP contribution in [0.15, 0.2) is 66.3 Å². The van der Waals surface area contributed by atoms with Crippen molar-refractivity contribution in [3.63, 3.8) is 0 Å². The first-order valence-corrected chi connectivity index (χ1v) is 7.72. The van der Waals surface area contributed by atoms with Crippen molar-refractivity contribution in [2.45, 2.75) is 6.42 Å². The first-order chi connectivity index (χ1) is 12.1. The first-order valence-electron chi connectivity index (χ1n) is 7.72. The molecule has 0 spiro atoms. The van der Waals surface area contributed by atoms with Crippen molar-refractivity contribution in [3.05, 3.63) is 77.4 Å². The Morgan fingerprint density at radius 2 is 1.88 bits per heavy atom. The lowest BCUT2D eigenvalue weighted by Crippen LogP contribution is -2.26. The minimum Gasteiger partial charge on any atom is -0.504 e. The number of aromatic hydroxyl groups is 2. The van der Waals surface area contributed by atoms with Gasteiger partial charge in [-0.1, -0.05) is 48.6 Å². The zero-order valence-corrected chi connectivity index (χ0v) is 13.5. The highest BCUT2D eigenvalue weighted by atomic mass is 16.3. The van der Waals surface area contributed by atoms with E-state index < -0.39 is 5.91 Å². The maximum atomic E-state index is 12.0. The van der Waals surface area contributed by atoms with Gasteiger partial charge >= 0.3 is 0 Å². The molecular weight excluding hydrogens is 316 g/mol. The van der Waals surface area contributed by atoms with Gasteiger partial charge in [-0.05, 0) is 35.8 Å². The number of carbonyl (C=O) groups excluding carboxylic acids is 1. The minimum absolute atomic E-state index is 0.00712. The second-order valence-corrected chi connectivity index (χ2v) is 5.29. The molecule has 0 aromatic heterocycles. The Labute approximate surface area is 146 Å². The Hall–Kier alpha value is -3.52. The summed E-state index contributed by atoms with van der Waals surface area (Å²) in [6, 6.07) is 16.0. The summed E-state index contributed by atoms with van der Waals surface area (Å²) < 4.78 is 0. The monoisotopic (exact) mass is 334 g/mol. The highest BCUT2D eigenvalue weighted by Gasteiger charge is 2.06. The van der Waals surface area contributed by atoms with E-state index in [4.69, 9.17) is 5.26 Å². The van der Waals surface area contributed by atoms with Gasteiger partial charge in [0.25, 0.3) is 5.91 Å². The first kappa shape index (κ1) is 17.8. The summed E-state index contributed by atoms with van der Waals surface area (Å²) in [5.74, 6) is -0.870. The topological polar surface area (TPSA) is 93.3 Å². The molecule has 0 fully saturated rings. The lowest BCUT2D eigenvalue weighted by atomic mass is 10.1. The lowest BCUT2D eigenvalue weighted by Gasteiger charge is -2.04. The van der Waals surface area contributed by atoms with Gasteiger partial charge in [0.1, 0.15) is 11.6 Å². The molecule has 0 saturated heterocycles. The van der Waals surface area contributed by atoms with Gasteiger partial charge in [0.2, 0.25) is 0 Å². The molecule has 0 aliphatic carbocycles. The summed E-state index contributed by atoms with van der Waals surface area (Å²) in [6.45, 7) is 0.442. The maximum absolute atomic E-state index is 12.0. The molecule has 25 heavy (non-hydrogen) atoms. The number of phenolic OH excluding ortho intramolecular Hbond substituents is 2. The largest absolute Gasteiger partial charge is 0.504 e. The molecule has 0 saturated carbocycles. The molecule has 3 N–H and O–H groups in total. The molecule has 0 radical (unpaired) electrons. The number of carbonyl (C=O) groups is 1. The fourth-order valence-corrected chi connectivity index (χ4v) is 2.12. The Kier molecular flexibility index (Phi) is 6.38. The summed E-state index contributed by atoms with van der Waals surface area (Å²) in [6.07, 6.45) is 5.25. The molecule has 2 rings (SSSR count). The van der Waals surface area contributed by atoms with Gasteiger partial charge in [0.05, 0.1) is 0 Å². The molecular formula is C20H18N2O3. The average Bonchev–Trinajstić information content (AvgIpc) is 2.62. The summed E-state index contributed by atoms with van der Waals surface area (Å²) in [7, 11) is 0. The molecule has 2 aromatic carbocycles. The number of allylic oxidation sites excluding steroid dienone is 2. The third kappa shape index (κ3) is 5.56. The molecule has 0 aliphatic heterocycles. The highest BCUT2D eigenvalue weighted by Crippen LogP contribution is 2.25. The van der Waals surface area contributed by atoms with Crippen LogP contribution < -0.4 is 5.32 Å². The van der Waals surface area contributed by atoms with E-state index in [9.17, 15) is 15.0 Å². The third-order valence-corrected chi connectivity index (χ3v) is 3.46. The fourth-order valence-electron chi connectivity index (χ4n) is 2.12. The van der Waals surface area contributed by atoms with E-state index in [0.717, 1.165) is 5.56 Å². The van der Waals surface area contributed by atoms with Gasteiger partial charge in [-0.3, -0.25) is 4.79 Å². The zero-order valence-electron chi connectivity index (χ0n) is 13.5. The molecule has 1 amide bonds. The third-order valence-electron chi connectivity index (χ3n) is 3.46. The molecule has 2 aromatic rings. The highest BCUT2D eigenvalue weighted by molar-refractivity contribution is 5.97. The van der Waals surface area contributed by atoms with Crippen LogP contribution in [0.4, 0.5) is 0 Å². The van der Waals surface area contributed by atoms with Crippen LogP contribution in [0, 0.1) is 11.3 Å². The van der Waals surface area contributed by atoms with Gasteiger partial charge in [0.15, 0.2) is 11.5 Å². The van der Waals surface area contributed by atoms with Crippen LogP contribution in [0.3, 0.4) is 0 Å².